The van der Waals surface area contributed by atoms with Crippen LogP contribution < -0.4 is 10.1 Å². The number of esters is 1. The van der Waals surface area contributed by atoms with Gasteiger partial charge in [0.1, 0.15) is 17.9 Å². The van der Waals surface area contributed by atoms with E-state index in [0.29, 0.717) is 22.8 Å². The molecule has 4 rings (SSSR count). The second kappa shape index (κ2) is 8.83. The van der Waals surface area contributed by atoms with Gasteiger partial charge in [-0.2, -0.15) is 0 Å². The van der Waals surface area contributed by atoms with Crippen LogP contribution in [-0.4, -0.2) is 34.1 Å². The lowest BCUT2D eigenvalue weighted by Gasteiger charge is -2.14. The van der Waals surface area contributed by atoms with E-state index >= 15 is 0 Å². The summed E-state index contributed by atoms with van der Waals surface area (Å²) < 4.78 is 26.4. The fourth-order valence-electron chi connectivity index (χ4n) is 3.39. The van der Waals surface area contributed by atoms with E-state index in [1.807, 2.05) is 30.3 Å². The molecule has 0 aliphatic carbocycles. The number of nitrogens with zero attached hydrogens (tertiary/aromatic N) is 3. The van der Waals surface area contributed by atoms with Crippen molar-refractivity contribution in [1.82, 2.24) is 14.4 Å². The summed E-state index contributed by atoms with van der Waals surface area (Å²) in [7, 11) is 1.49. The molecule has 0 aliphatic rings. The molecule has 8 heteroatoms. The van der Waals surface area contributed by atoms with Gasteiger partial charge in [0.25, 0.3) is 0 Å². The van der Waals surface area contributed by atoms with Gasteiger partial charge in [0, 0.05) is 23.9 Å². The maximum absolute atomic E-state index is 14.3. The van der Waals surface area contributed by atoms with Gasteiger partial charge in [-0.05, 0) is 24.6 Å². The Morgan fingerprint density at radius 3 is 2.68 bits per heavy atom. The zero-order valence-corrected chi connectivity index (χ0v) is 17.1. The number of hydrogen-bond donors (Lipinski definition) is 1. The minimum absolute atomic E-state index is 0.134. The Morgan fingerprint density at radius 2 is 1.94 bits per heavy atom. The lowest BCUT2D eigenvalue weighted by molar-refractivity contribution is 0.0522. The molecule has 2 aromatic heterocycles. The molecule has 2 heterocycles. The predicted molar refractivity (Wildman–Crippen MR) is 115 cm³/mol. The van der Waals surface area contributed by atoms with E-state index < -0.39 is 5.97 Å². The summed E-state index contributed by atoms with van der Waals surface area (Å²) >= 11 is 0. The fraction of sp³-hybridized carbons (Fsp3) is 0.174. The van der Waals surface area contributed by atoms with Crippen LogP contribution in [0, 0.1) is 5.82 Å². The molecule has 0 saturated heterocycles. The highest BCUT2D eigenvalue weighted by Crippen LogP contribution is 2.29. The Balaban J connectivity index is 1.79. The largest absolute Gasteiger partial charge is 0.496 e. The van der Waals surface area contributed by atoms with Gasteiger partial charge in [-0.1, -0.05) is 36.4 Å². The zero-order valence-electron chi connectivity index (χ0n) is 17.1. The molecule has 0 atom stereocenters. The smallest absolute Gasteiger partial charge is 0.359 e. The third-order valence-electron chi connectivity index (χ3n) is 4.84. The molecule has 31 heavy (non-hydrogen) atoms. The Kier molecular flexibility index (Phi) is 5.79. The molecule has 0 fully saturated rings. The molecule has 2 aromatic carbocycles. The van der Waals surface area contributed by atoms with Crippen molar-refractivity contribution in [3.05, 3.63) is 78.1 Å². The fourth-order valence-corrected chi connectivity index (χ4v) is 3.39. The predicted octanol–water partition coefficient (Wildman–Crippen LogP) is 4.33. The van der Waals surface area contributed by atoms with E-state index in [2.05, 4.69) is 15.3 Å². The second-order valence-electron chi connectivity index (χ2n) is 6.67. The highest BCUT2D eigenvalue weighted by atomic mass is 19.1. The molecule has 0 radical (unpaired) electrons. The van der Waals surface area contributed by atoms with Gasteiger partial charge in [0.2, 0.25) is 5.95 Å². The van der Waals surface area contributed by atoms with E-state index in [1.165, 1.54) is 19.5 Å². The summed E-state index contributed by atoms with van der Waals surface area (Å²) in [6.45, 7) is 2.11. The summed E-state index contributed by atoms with van der Waals surface area (Å²) in [5.74, 6) is -0.0672. The van der Waals surface area contributed by atoms with Crippen LogP contribution in [0.3, 0.4) is 0 Å². The molecule has 0 saturated carbocycles. The van der Waals surface area contributed by atoms with Crippen molar-refractivity contribution < 1.29 is 18.7 Å². The highest BCUT2D eigenvalue weighted by molar-refractivity contribution is 6.00. The number of carbonyl (C=O) groups excluding carboxylic acids is 1. The van der Waals surface area contributed by atoms with Crippen molar-refractivity contribution in [3.8, 4) is 16.9 Å². The third kappa shape index (κ3) is 3.92. The van der Waals surface area contributed by atoms with E-state index in [-0.39, 0.29) is 24.7 Å². The van der Waals surface area contributed by atoms with Crippen LogP contribution in [0.25, 0.3) is 16.6 Å². The Hall–Kier alpha value is -3.94. The molecule has 0 spiro atoms. The summed E-state index contributed by atoms with van der Waals surface area (Å²) in [5, 5.41) is 3.12. The topological polar surface area (TPSA) is 77.8 Å². The van der Waals surface area contributed by atoms with Gasteiger partial charge < -0.3 is 14.8 Å². The quantitative estimate of drug-likeness (QED) is 0.449. The van der Waals surface area contributed by atoms with Crippen LogP contribution in [0.1, 0.15) is 23.0 Å². The SMILES string of the molecule is CCOC(=O)c1ncn2c(NCc3c(F)cccc3OC)ncc(-c3ccccc3)c12. The Labute approximate surface area is 178 Å². The van der Waals surface area contributed by atoms with E-state index in [0.717, 1.165) is 11.1 Å². The Bertz CT molecular complexity index is 1220. The van der Waals surface area contributed by atoms with Crippen molar-refractivity contribution >= 4 is 17.4 Å². The number of methoxy groups -OCH3 is 1. The molecule has 158 valence electrons. The number of rotatable bonds is 7. The monoisotopic (exact) mass is 420 g/mol. The number of anilines is 1. The van der Waals surface area contributed by atoms with Gasteiger partial charge in [-0.3, -0.25) is 4.40 Å². The standard InChI is InChI=1S/C23H21FN4O3/c1-3-31-22(29)20-21-16(15-8-5-4-6-9-15)12-25-23(28(21)14-27-20)26-13-17-18(24)10-7-11-19(17)30-2/h4-12,14H,3,13H2,1-2H3,(H,25,26). The maximum Gasteiger partial charge on any atom is 0.359 e. The number of fused-ring (bicyclic) bond motifs is 1. The highest BCUT2D eigenvalue weighted by Gasteiger charge is 2.21. The first-order valence-corrected chi connectivity index (χ1v) is 9.77. The summed E-state index contributed by atoms with van der Waals surface area (Å²) in [5.41, 5.74) is 2.73. The number of imidazole rings is 1. The summed E-state index contributed by atoms with van der Waals surface area (Å²) in [6.07, 6.45) is 3.16. The molecule has 4 aromatic rings. The molecule has 1 N–H and O–H groups in total. The molecule has 0 aliphatic heterocycles. The lowest BCUT2D eigenvalue weighted by Crippen LogP contribution is -2.10. The normalized spacial score (nSPS) is 10.8. The summed E-state index contributed by atoms with van der Waals surface area (Å²) in [4.78, 5) is 21.3. The first kappa shape index (κ1) is 20.3. The lowest BCUT2D eigenvalue weighted by atomic mass is 10.1. The van der Waals surface area contributed by atoms with E-state index in [9.17, 15) is 9.18 Å². The molecular weight excluding hydrogens is 399 g/mol. The molecule has 7 nitrogen and oxygen atoms in total. The minimum Gasteiger partial charge on any atom is -0.496 e. The third-order valence-corrected chi connectivity index (χ3v) is 4.84. The maximum atomic E-state index is 14.3. The van der Waals surface area contributed by atoms with Crippen LogP contribution in [0.4, 0.5) is 10.3 Å². The average molecular weight is 420 g/mol. The van der Waals surface area contributed by atoms with E-state index in [1.54, 1.807) is 29.7 Å². The van der Waals surface area contributed by atoms with Crippen LogP contribution in [0.2, 0.25) is 0 Å². The second-order valence-corrected chi connectivity index (χ2v) is 6.67. The van der Waals surface area contributed by atoms with Crippen molar-refractivity contribution in [2.45, 2.75) is 13.5 Å². The summed E-state index contributed by atoms with van der Waals surface area (Å²) in [6, 6.07) is 14.2. The van der Waals surface area contributed by atoms with Crippen molar-refractivity contribution in [3.63, 3.8) is 0 Å². The van der Waals surface area contributed by atoms with Crippen LogP contribution >= 0.6 is 0 Å². The number of carbonyl (C=O) groups is 1. The average Bonchev–Trinajstić information content (AvgIpc) is 3.24. The number of halogens is 1. The van der Waals surface area contributed by atoms with Gasteiger partial charge in [0.05, 0.1) is 19.2 Å². The van der Waals surface area contributed by atoms with Crippen molar-refractivity contribution in [1.29, 1.82) is 0 Å². The van der Waals surface area contributed by atoms with Crippen molar-refractivity contribution in [2.75, 3.05) is 19.0 Å². The van der Waals surface area contributed by atoms with Gasteiger partial charge in [-0.25, -0.2) is 19.2 Å². The van der Waals surface area contributed by atoms with Gasteiger partial charge in [0.15, 0.2) is 5.69 Å². The molecular formula is C23H21FN4O3. The van der Waals surface area contributed by atoms with Crippen LogP contribution in [0.5, 0.6) is 5.75 Å². The zero-order chi connectivity index (χ0) is 21.8. The first-order valence-electron chi connectivity index (χ1n) is 9.77. The number of hydrogen-bond acceptors (Lipinski definition) is 6. The number of aromatic nitrogens is 3. The minimum atomic E-state index is -0.518. The molecule has 0 bridgehead atoms. The van der Waals surface area contributed by atoms with Crippen molar-refractivity contribution in [2.24, 2.45) is 0 Å². The Morgan fingerprint density at radius 1 is 1.13 bits per heavy atom. The first-order chi connectivity index (χ1) is 15.1. The number of nitrogens with one attached hydrogen (secondary N) is 1. The van der Waals surface area contributed by atoms with Crippen LogP contribution in [0.15, 0.2) is 61.1 Å². The van der Waals surface area contributed by atoms with Gasteiger partial charge in [-0.15, -0.1) is 0 Å². The van der Waals surface area contributed by atoms with E-state index in [4.69, 9.17) is 9.47 Å². The number of ether oxygens (including phenoxy) is 2. The molecule has 0 amide bonds. The van der Waals surface area contributed by atoms with Gasteiger partial charge >= 0.3 is 5.97 Å². The van der Waals surface area contributed by atoms with Crippen LogP contribution in [-0.2, 0) is 11.3 Å². The molecule has 0 unspecified atom stereocenters. The number of benzene rings is 2.